The van der Waals surface area contributed by atoms with Crippen LogP contribution in [0.5, 0.6) is 0 Å². The Morgan fingerprint density at radius 3 is 2.47 bits per heavy atom. The van der Waals surface area contributed by atoms with Crippen molar-refractivity contribution in [3.63, 3.8) is 0 Å². The second kappa shape index (κ2) is 5.98. The maximum atomic E-state index is 12.1. The summed E-state index contributed by atoms with van der Waals surface area (Å²) < 4.78 is 12.1. The fraction of sp³-hybridized carbons (Fsp3) is 0.538. The number of halogens is 1. The zero-order valence-corrected chi connectivity index (χ0v) is 11.3. The largest absolute Gasteiger partial charge is 0.327 e. The van der Waals surface area contributed by atoms with E-state index in [2.05, 4.69) is 0 Å². The van der Waals surface area contributed by atoms with Gasteiger partial charge < -0.3 is 5.73 Å². The lowest BCUT2D eigenvalue weighted by atomic mass is 10.0. The van der Waals surface area contributed by atoms with Gasteiger partial charge in [-0.25, -0.2) is 0 Å². The Bertz CT molecular complexity index is 387. The summed E-state index contributed by atoms with van der Waals surface area (Å²) in [5, 5.41) is 0.672. The van der Waals surface area contributed by atoms with E-state index >= 15 is 0 Å². The second-order valence-corrected chi connectivity index (χ2v) is 6.61. The minimum Gasteiger partial charge on any atom is -0.327 e. The van der Waals surface area contributed by atoms with E-state index in [4.69, 9.17) is 17.3 Å². The molecule has 1 aliphatic rings. The van der Waals surface area contributed by atoms with Crippen LogP contribution in [0.3, 0.4) is 0 Å². The van der Waals surface area contributed by atoms with Crippen molar-refractivity contribution in [3.8, 4) is 0 Å². The van der Waals surface area contributed by atoms with Gasteiger partial charge in [0.05, 0.1) is 10.8 Å². The molecule has 2 nitrogen and oxygen atoms in total. The third-order valence-electron chi connectivity index (χ3n) is 3.43. The highest BCUT2D eigenvalue weighted by Gasteiger charge is 2.23. The van der Waals surface area contributed by atoms with E-state index in [1.54, 1.807) is 12.1 Å². The van der Waals surface area contributed by atoms with E-state index in [1.807, 2.05) is 12.1 Å². The van der Waals surface area contributed by atoms with E-state index in [0.29, 0.717) is 16.7 Å². The van der Waals surface area contributed by atoms with Gasteiger partial charge in [-0.15, -0.1) is 0 Å². The van der Waals surface area contributed by atoms with Crippen LogP contribution in [0.15, 0.2) is 29.2 Å². The highest BCUT2D eigenvalue weighted by molar-refractivity contribution is 7.85. The summed E-state index contributed by atoms with van der Waals surface area (Å²) in [5.41, 5.74) is 6.13. The smallest absolute Gasteiger partial charge is 0.0545 e. The van der Waals surface area contributed by atoms with Crippen LogP contribution in [0.2, 0.25) is 5.02 Å². The molecule has 4 heteroatoms. The average Bonchev–Trinajstić information content (AvgIpc) is 2.83. The lowest BCUT2D eigenvalue weighted by molar-refractivity contribution is 0.460. The van der Waals surface area contributed by atoms with Gasteiger partial charge in [-0.3, -0.25) is 4.21 Å². The maximum absolute atomic E-state index is 12.1. The summed E-state index contributed by atoms with van der Waals surface area (Å²) in [4.78, 5) is 0.822. The molecule has 2 rings (SSSR count). The van der Waals surface area contributed by atoms with Crippen LogP contribution in [-0.2, 0) is 10.8 Å². The van der Waals surface area contributed by atoms with Crippen molar-refractivity contribution in [1.82, 2.24) is 0 Å². The third kappa shape index (κ3) is 3.54. The van der Waals surface area contributed by atoms with Crippen LogP contribution in [0.4, 0.5) is 0 Å². The van der Waals surface area contributed by atoms with Crippen molar-refractivity contribution in [3.05, 3.63) is 29.3 Å². The Kier molecular flexibility index (Phi) is 4.60. The van der Waals surface area contributed by atoms with Gasteiger partial charge in [0, 0.05) is 21.7 Å². The Balaban J connectivity index is 1.94. The summed E-state index contributed by atoms with van der Waals surface area (Å²) in [5.74, 6) is 1.12. The van der Waals surface area contributed by atoms with Crippen LogP contribution in [0.25, 0.3) is 0 Å². The Morgan fingerprint density at radius 2 is 1.88 bits per heavy atom. The SMILES string of the molecule is NC(CS(=O)c1ccc(Cl)cc1)C1CCCC1. The zero-order chi connectivity index (χ0) is 12.3. The molecule has 0 amide bonds. The Hall–Kier alpha value is -0.380. The third-order valence-corrected chi connectivity index (χ3v) is 5.16. The van der Waals surface area contributed by atoms with Crippen molar-refractivity contribution >= 4 is 22.4 Å². The van der Waals surface area contributed by atoms with Gasteiger partial charge in [-0.2, -0.15) is 0 Å². The first-order chi connectivity index (χ1) is 8.16. The van der Waals surface area contributed by atoms with Crippen LogP contribution < -0.4 is 5.73 Å². The Morgan fingerprint density at radius 1 is 1.29 bits per heavy atom. The summed E-state index contributed by atoms with van der Waals surface area (Å²) in [6, 6.07) is 7.25. The van der Waals surface area contributed by atoms with Crippen LogP contribution in [0.1, 0.15) is 25.7 Å². The Labute approximate surface area is 110 Å². The molecule has 0 radical (unpaired) electrons. The molecule has 0 aliphatic heterocycles. The zero-order valence-electron chi connectivity index (χ0n) is 9.77. The average molecular weight is 272 g/mol. The van der Waals surface area contributed by atoms with Gasteiger partial charge in [-0.1, -0.05) is 24.4 Å². The first kappa shape index (κ1) is 13.1. The molecular weight excluding hydrogens is 254 g/mol. The van der Waals surface area contributed by atoms with Crippen molar-refractivity contribution in [2.24, 2.45) is 11.7 Å². The monoisotopic (exact) mass is 271 g/mol. The molecule has 2 N–H and O–H groups in total. The van der Waals surface area contributed by atoms with E-state index in [1.165, 1.54) is 25.7 Å². The van der Waals surface area contributed by atoms with Crippen molar-refractivity contribution in [1.29, 1.82) is 0 Å². The lowest BCUT2D eigenvalue weighted by Crippen LogP contribution is -2.34. The molecule has 94 valence electrons. The number of rotatable bonds is 4. The maximum Gasteiger partial charge on any atom is 0.0545 e. The van der Waals surface area contributed by atoms with Gasteiger partial charge in [0.1, 0.15) is 0 Å². The molecule has 0 saturated heterocycles. The molecule has 0 bridgehead atoms. The van der Waals surface area contributed by atoms with Crippen LogP contribution >= 0.6 is 11.6 Å². The molecular formula is C13H18ClNOS. The highest BCUT2D eigenvalue weighted by Crippen LogP contribution is 2.27. The first-order valence-electron chi connectivity index (χ1n) is 6.06. The molecule has 0 aromatic heterocycles. The van der Waals surface area contributed by atoms with Crippen molar-refractivity contribution in [2.45, 2.75) is 36.6 Å². The molecule has 17 heavy (non-hydrogen) atoms. The van der Waals surface area contributed by atoms with Gasteiger partial charge in [0.2, 0.25) is 0 Å². The molecule has 1 aromatic rings. The fourth-order valence-electron chi connectivity index (χ4n) is 2.38. The van der Waals surface area contributed by atoms with Crippen molar-refractivity contribution in [2.75, 3.05) is 5.75 Å². The van der Waals surface area contributed by atoms with Gasteiger partial charge in [0.15, 0.2) is 0 Å². The lowest BCUT2D eigenvalue weighted by Gasteiger charge is -2.18. The van der Waals surface area contributed by atoms with Crippen LogP contribution in [-0.4, -0.2) is 16.0 Å². The molecule has 1 saturated carbocycles. The number of hydrogen-bond acceptors (Lipinski definition) is 2. The number of nitrogens with two attached hydrogens (primary N) is 1. The quantitative estimate of drug-likeness (QED) is 0.915. The number of benzene rings is 1. The fourth-order valence-corrected chi connectivity index (χ4v) is 3.76. The minimum atomic E-state index is -1.00. The van der Waals surface area contributed by atoms with E-state index < -0.39 is 10.8 Å². The predicted molar refractivity (Wildman–Crippen MR) is 72.7 cm³/mol. The predicted octanol–water partition coefficient (Wildman–Crippen LogP) is 2.97. The van der Waals surface area contributed by atoms with E-state index in [0.717, 1.165) is 4.90 Å². The topological polar surface area (TPSA) is 43.1 Å². The standard InChI is InChI=1S/C13H18ClNOS/c14-11-5-7-12(8-6-11)17(16)9-13(15)10-3-1-2-4-10/h5-8,10,13H,1-4,9,15H2. The van der Waals surface area contributed by atoms with E-state index in [9.17, 15) is 4.21 Å². The molecule has 1 aromatic carbocycles. The highest BCUT2D eigenvalue weighted by atomic mass is 35.5. The van der Waals surface area contributed by atoms with Gasteiger partial charge in [-0.05, 0) is 43.0 Å². The van der Waals surface area contributed by atoms with E-state index in [-0.39, 0.29) is 6.04 Å². The molecule has 1 aliphatic carbocycles. The summed E-state index contributed by atoms with van der Waals surface area (Å²) in [6.45, 7) is 0. The molecule has 0 heterocycles. The van der Waals surface area contributed by atoms with Gasteiger partial charge >= 0.3 is 0 Å². The first-order valence-corrected chi connectivity index (χ1v) is 7.76. The minimum absolute atomic E-state index is 0.0639. The molecule has 1 fully saturated rings. The van der Waals surface area contributed by atoms with Crippen molar-refractivity contribution < 1.29 is 4.21 Å². The van der Waals surface area contributed by atoms with Crippen LogP contribution in [0, 0.1) is 5.92 Å². The van der Waals surface area contributed by atoms with Gasteiger partial charge in [0.25, 0.3) is 0 Å². The summed E-state index contributed by atoms with van der Waals surface area (Å²) in [6.07, 6.45) is 4.93. The summed E-state index contributed by atoms with van der Waals surface area (Å²) >= 11 is 5.80. The summed E-state index contributed by atoms with van der Waals surface area (Å²) in [7, 11) is -1.00. The molecule has 0 spiro atoms. The molecule has 2 unspecified atom stereocenters. The second-order valence-electron chi connectivity index (χ2n) is 4.67. The molecule has 2 atom stereocenters. The normalized spacial score (nSPS) is 20.4. The number of hydrogen-bond donors (Lipinski definition) is 1.